The van der Waals surface area contributed by atoms with Crippen LogP contribution in [-0.2, 0) is 9.53 Å². The third-order valence-electron chi connectivity index (χ3n) is 4.52. The number of benzene rings is 2. The number of nitrogens with zero attached hydrogens (tertiary/aromatic N) is 2. The first-order valence-electron chi connectivity index (χ1n) is 9.08. The highest BCUT2D eigenvalue weighted by molar-refractivity contribution is 6.59. The fraction of sp³-hybridized carbons (Fsp3) is 0.0455. The molecule has 0 spiro atoms. The molecule has 0 amide bonds. The standard InChI is InChI=1S/C22H15Cl2N3O4/c1-2-8-31-21(29)19-14(18-15(24)9-12(23)10-16(18)25-19)11-17-20(28)27(22(30)26-17)13-6-4-3-5-7-13/h2-7,9-11,28H,1,8H2,(H,26,30). The Kier molecular flexibility index (Phi) is 5.54. The van der Waals surface area contributed by atoms with Gasteiger partial charge in [-0.25, -0.2) is 19.1 Å². The molecule has 2 N–H and O–H groups in total. The van der Waals surface area contributed by atoms with Crippen LogP contribution in [0, 0.1) is 0 Å². The van der Waals surface area contributed by atoms with Gasteiger partial charge in [0, 0.05) is 16.2 Å². The summed E-state index contributed by atoms with van der Waals surface area (Å²) in [6, 6.07) is 11.7. The normalized spacial score (nSPS) is 13.7. The number of aromatic hydroxyl groups is 1. The number of esters is 1. The quantitative estimate of drug-likeness (QED) is 0.436. The van der Waals surface area contributed by atoms with E-state index >= 15 is 0 Å². The van der Waals surface area contributed by atoms with Gasteiger partial charge in [-0.15, -0.1) is 0 Å². The minimum Gasteiger partial charge on any atom is -0.493 e. The number of carbonyl (C=O) groups is 1. The van der Waals surface area contributed by atoms with Crippen LogP contribution >= 0.6 is 23.2 Å². The van der Waals surface area contributed by atoms with Gasteiger partial charge >= 0.3 is 11.7 Å². The highest BCUT2D eigenvalue weighted by Gasteiger charge is 2.30. The molecule has 0 aliphatic carbocycles. The maximum atomic E-state index is 12.6. The van der Waals surface area contributed by atoms with E-state index in [-0.39, 0.29) is 34.5 Å². The van der Waals surface area contributed by atoms with Crippen LogP contribution in [0.4, 0.5) is 5.69 Å². The maximum Gasteiger partial charge on any atom is 0.357 e. The Morgan fingerprint density at radius 1 is 1.26 bits per heavy atom. The number of imidazole rings is 1. The number of para-hydroxylation sites is 1. The average Bonchev–Trinajstić information content (AvgIpc) is 3.24. The predicted molar refractivity (Wildman–Crippen MR) is 121 cm³/mol. The third-order valence-corrected chi connectivity index (χ3v) is 5.03. The smallest absolute Gasteiger partial charge is 0.357 e. The summed E-state index contributed by atoms with van der Waals surface area (Å²) in [6.45, 7) is 3.51. The van der Waals surface area contributed by atoms with Crippen LogP contribution in [0.25, 0.3) is 17.3 Å². The molecule has 7 nitrogen and oxygen atoms in total. The van der Waals surface area contributed by atoms with Crippen molar-refractivity contribution >= 4 is 52.2 Å². The Hall–Kier alpha value is -3.55. The topological polar surface area (TPSA) is 96.7 Å². The summed E-state index contributed by atoms with van der Waals surface area (Å²) in [5, 5.41) is 11.3. The number of aromatic amines is 1. The summed E-state index contributed by atoms with van der Waals surface area (Å²) in [5.74, 6) is -1.04. The van der Waals surface area contributed by atoms with Gasteiger partial charge in [0.1, 0.15) is 12.3 Å². The zero-order valence-electron chi connectivity index (χ0n) is 15.9. The van der Waals surface area contributed by atoms with E-state index in [4.69, 9.17) is 27.9 Å². The molecule has 4 rings (SSSR count). The molecule has 9 heteroatoms. The van der Waals surface area contributed by atoms with Crippen molar-refractivity contribution in [3.8, 4) is 11.6 Å². The van der Waals surface area contributed by atoms with E-state index < -0.39 is 11.7 Å². The molecule has 3 aromatic rings. The van der Waals surface area contributed by atoms with Crippen molar-refractivity contribution < 1.29 is 14.6 Å². The van der Waals surface area contributed by atoms with Crippen LogP contribution in [0.1, 0.15) is 11.3 Å². The lowest BCUT2D eigenvalue weighted by atomic mass is 10.0. The van der Waals surface area contributed by atoms with E-state index in [2.05, 4.69) is 16.6 Å². The van der Waals surface area contributed by atoms with Gasteiger partial charge in [0.05, 0.1) is 16.4 Å². The third kappa shape index (κ3) is 3.81. The molecular formula is C22H15Cl2N3O4. The first kappa shape index (κ1) is 20.7. The van der Waals surface area contributed by atoms with Crippen molar-refractivity contribution in [1.29, 1.82) is 0 Å². The molecule has 1 aliphatic heterocycles. The highest BCUT2D eigenvalue weighted by atomic mass is 35.5. The number of aromatic nitrogens is 2. The van der Waals surface area contributed by atoms with Gasteiger partial charge < -0.3 is 14.8 Å². The Bertz CT molecular complexity index is 1320. The molecule has 0 atom stereocenters. The molecule has 0 radical (unpaired) electrons. The first-order chi connectivity index (χ1) is 14.9. The Labute approximate surface area is 186 Å². The summed E-state index contributed by atoms with van der Waals surface area (Å²) in [4.78, 5) is 32.0. The fourth-order valence-corrected chi connectivity index (χ4v) is 3.80. The van der Waals surface area contributed by atoms with E-state index in [0.717, 1.165) is 4.57 Å². The largest absolute Gasteiger partial charge is 0.493 e. The molecule has 1 aromatic heterocycles. The number of ether oxygens (including phenoxy) is 1. The van der Waals surface area contributed by atoms with Gasteiger partial charge in [0.15, 0.2) is 5.71 Å². The van der Waals surface area contributed by atoms with Crippen molar-refractivity contribution in [3.05, 3.63) is 86.9 Å². The predicted octanol–water partition coefficient (Wildman–Crippen LogP) is 4.53. The molecule has 0 saturated carbocycles. The van der Waals surface area contributed by atoms with Crippen molar-refractivity contribution in [2.75, 3.05) is 6.61 Å². The van der Waals surface area contributed by atoms with Crippen LogP contribution in [0.5, 0.6) is 5.88 Å². The zero-order chi connectivity index (χ0) is 22.1. The Balaban J connectivity index is 1.88. The molecule has 0 unspecified atom stereocenters. The second-order valence-corrected chi connectivity index (χ2v) is 7.37. The lowest BCUT2D eigenvalue weighted by Gasteiger charge is -2.07. The van der Waals surface area contributed by atoms with Gasteiger partial charge in [0.25, 0.3) is 0 Å². The molecule has 31 heavy (non-hydrogen) atoms. The number of rotatable bonds is 5. The lowest BCUT2D eigenvalue weighted by Crippen LogP contribution is -2.17. The van der Waals surface area contributed by atoms with Crippen molar-refractivity contribution in [3.63, 3.8) is 0 Å². The highest BCUT2D eigenvalue weighted by Crippen LogP contribution is 2.43. The van der Waals surface area contributed by atoms with Crippen molar-refractivity contribution in [1.82, 2.24) is 9.55 Å². The SMILES string of the molecule is C=CCOC(=O)C1=Nc2cc(Cl)cc(Cl)c2C1=Cc1[nH]c(=O)n(-c2ccccc2)c1O. The minimum absolute atomic E-state index is 0.0115. The number of nitrogens with one attached hydrogen (secondary N) is 1. The van der Waals surface area contributed by atoms with Crippen LogP contribution in [-0.4, -0.2) is 32.9 Å². The summed E-state index contributed by atoms with van der Waals surface area (Å²) in [7, 11) is 0. The molecule has 0 bridgehead atoms. The number of H-pyrrole nitrogens is 1. The molecule has 0 saturated heterocycles. The summed E-state index contributed by atoms with van der Waals surface area (Å²) in [5.41, 5.74) is 1.05. The Morgan fingerprint density at radius 2 is 2.00 bits per heavy atom. The van der Waals surface area contributed by atoms with Crippen LogP contribution in [0.3, 0.4) is 0 Å². The van der Waals surface area contributed by atoms with Gasteiger partial charge in [-0.05, 0) is 30.3 Å². The summed E-state index contributed by atoms with van der Waals surface area (Å²) < 4.78 is 6.24. The molecule has 0 fully saturated rings. The van der Waals surface area contributed by atoms with Gasteiger partial charge in [-0.3, -0.25) is 0 Å². The number of hydrogen-bond donors (Lipinski definition) is 2. The number of halogens is 2. The van der Waals surface area contributed by atoms with Crippen LogP contribution < -0.4 is 5.69 Å². The lowest BCUT2D eigenvalue weighted by molar-refractivity contribution is -0.134. The molecular weight excluding hydrogens is 441 g/mol. The van der Waals surface area contributed by atoms with Crippen molar-refractivity contribution in [2.24, 2.45) is 4.99 Å². The number of carbonyl (C=O) groups excluding carboxylic acids is 1. The van der Waals surface area contributed by atoms with Gasteiger partial charge in [-0.1, -0.05) is 54.1 Å². The second-order valence-electron chi connectivity index (χ2n) is 6.53. The molecule has 1 aliphatic rings. The minimum atomic E-state index is -0.709. The van der Waals surface area contributed by atoms with E-state index in [9.17, 15) is 14.7 Å². The van der Waals surface area contributed by atoms with E-state index in [1.54, 1.807) is 36.4 Å². The monoisotopic (exact) mass is 455 g/mol. The second kappa shape index (κ2) is 8.29. The summed E-state index contributed by atoms with van der Waals surface area (Å²) in [6.07, 6.45) is 2.85. The molecule has 156 valence electrons. The van der Waals surface area contributed by atoms with E-state index in [1.165, 1.54) is 18.2 Å². The average molecular weight is 456 g/mol. The van der Waals surface area contributed by atoms with Gasteiger partial charge in [0.2, 0.25) is 5.88 Å². The zero-order valence-corrected chi connectivity index (χ0v) is 17.4. The number of aliphatic imine (C=N–C) groups is 1. The van der Waals surface area contributed by atoms with E-state index in [0.29, 0.717) is 22.0 Å². The fourth-order valence-electron chi connectivity index (χ4n) is 3.22. The van der Waals surface area contributed by atoms with Crippen LogP contribution in [0.15, 0.2) is 64.9 Å². The van der Waals surface area contributed by atoms with Crippen molar-refractivity contribution in [2.45, 2.75) is 0 Å². The Morgan fingerprint density at radius 3 is 2.71 bits per heavy atom. The number of hydrogen-bond acceptors (Lipinski definition) is 5. The first-order valence-corrected chi connectivity index (χ1v) is 9.84. The van der Waals surface area contributed by atoms with Gasteiger partial charge in [-0.2, -0.15) is 0 Å². The molecule has 2 heterocycles. The van der Waals surface area contributed by atoms with Crippen LogP contribution in [0.2, 0.25) is 10.0 Å². The maximum absolute atomic E-state index is 12.6. The van der Waals surface area contributed by atoms with E-state index in [1.807, 2.05) is 0 Å². The number of fused-ring (bicyclic) bond motifs is 1. The summed E-state index contributed by atoms with van der Waals surface area (Å²) >= 11 is 12.4. The molecule has 2 aromatic carbocycles.